The molecule has 1 saturated heterocycles. The molecule has 2 aromatic heterocycles. The van der Waals surface area contributed by atoms with Gasteiger partial charge in [-0.05, 0) is 31.0 Å². The topological polar surface area (TPSA) is 103 Å². The first-order valence-electron chi connectivity index (χ1n) is 9.31. The minimum absolute atomic E-state index is 0.0298. The van der Waals surface area contributed by atoms with Gasteiger partial charge in [-0.1, -0.05) is 5.16 Å². The molecule has 0 unspecified atom stereocenters. The van der Waals surface area contributed by atoms with Gasteiger partial charge in [-0.15, -0.1) is 0 Å². The Hall–Kier alpha value is -3.49. The van der Waals surface area contributed by atoms with Crippen molar-refractivity contribution in [3.63, 3.8) is 0 Å². The van der Waals surface area contributed by atoms with Gasteiger partial charge in [-0.25, -0.2) is 4.98 Å². The van der Waals surface area contributed by atoms with Gasteiger partial charge in [0.15, 0.2) is 17.3 Å². The lowest BCUT2D eigenvalue weighted by Gasteiger charge is -2.30. The van der Waals surface area contributed by atoms with Crippen LogP contribution in [0.3, 0.4) is 0 Å². The molecule has 9 nitrogen and oxygen atoms in total. The molecule has 29 heavy (non-hydrogen) atoms. The molecule has 1 aliphatic rings. The van der Waals surface area contributed by atoms with E-state index in [1.54, 1.807) is 51.0 Å². The van der Waals surface area contributed by atoms with Gasteiger partial charge in [0.2, 0.25) is 0 Å². The second-order valence-corrected chi connectivity index (χ2v) is 6.68. The van der Waals surface area contributed by atoms with E-state index >= 15 is 0 Å². The van der Waals surface area contributed by atoms with Gasteiger partial charge >= 0.3 is 0 Å². The van der Waals surface area contributed by atoms with Crippen molar-refractivity contribution in [3.05, 3.63) is 48.2 Å². The summed E-state index contributed by atoms with van der Waals surface area (Å²) in [6.07, 6.45) is 6.28. The molecule has 150 valence electrons. The van der Waals surface area contributed by atoms with Crippen molar-refractivity contribution in [2.75, 3.05) is 27.3 Å². The molecule has 0 spiro atoms. The molecule has 1 aliphatic heterocycles. The van der Waals surface area contributed by atoms with Crippen LogP contribution in [0.5, 0.6) is 11.5 Å². The van der Waals surface area contributed by atoms with Crippen molar-refractivity contribution in [1.82, 2.24) is 25.0 Å². The zero-order chi connectivity index (χ0) is 20.2. The lowest BCUT2D eigenvalue weighted by atomic mass is 9.95. The number of hydrogen-bond acceptors (Lipinski definition) is 8. The monoisotopic (exact) mass is 395 g/mol. The van der Waals surface area contributed by atoms with Gasteiger partial charge in [0, 0.05) is 37.0 Å². The number of carbonyl (C=O) groups is 1. The second kappa shape index (κ2) is 8.26. The quantitative estimate of drug-likeness (QED) is 0.649. The Labute approximate surface area is 167 Å². The van der Waals surface area contributed by atoms with Gasteiger partial charge in [-0.3, -0.25) is 9.78 Å². The van der Waals surface area contributed by atoms with Crippen LogP contribution in [0.1, 0.15) is 34.9 Å². The molecule has 1 fully saturated rings. The number of nitrogens with zero attached hydrogens (tertiary/aromatic N) is 5. The number of rotatable bonds is 5. The zero-order valence-corrected chi connectivity index (χ0v) is 16.2. The van der Waals surface area contributed by atoms with E-state index in [1.807, 2.05) is 4.90 Å². The van der Waals surface area contributed by atoms with Crippen molar-refractivity contribution in [1.29, 1.82) is 0 Å². The first-order valence-corrected chi connectivity index (χ1v) is 9.31. The van der Waals surface area contributed by atoms with Crippen molar-refractivity contribution >= 4 is 5.91 Å². The largest absolute Gasteiger partial charge is 0.493 e. The maximum absolute atomic E-state index is 12.9. The number of hydrogen-bond donors (Lipinski definition) is 0. The van der Waals surface area contributed by atoms with E-state index in [4.69, 9.17) is 14.0 Å². The predicted molar refractivity (Wildman–Crippen MR) is 103 cm³/mol. The number of ether oxygens (including phenoxy) is 2. The van der Waals surface area contributed by atoms with E-state index in [0.29, 0.717) is 47.6 Å². The number of piperidine rings is 1. The fourth-order valence-electron chi connectivity index (χ4n) is 3.41. The Morgan fingerprint density at radius 2 is 1.93 bits per heavy atom. The standard InChI is InChI=1S/C20H21N5O4/c1-27-16-4-3-14(11-17(16)28-2)20(26)25-9-5-13(6-10-25)18-23-19(29-24-18)15-12-21-7-8-22-15/h3-4,7-8,11-13H,5-6,9-10H2,1-2H3. The van der Waals surface area contributed by atoms with Gasteiger partial charge in [-0.2, -0.15) is 4.98 Å². The molecule has 0 saturated carbocycles. The van der Waals surface area contributed by atoms with Crippen molar-refractivity contribution in [2.24, 2.45) is 0 Å². The highest BCUT2D eigenvalue weighted by Gasteiger charge is 2.28. The minimum Gasteiger partial charge on any atom is -0.493 e. The average molecular weight is 395 g/mol. The van der Waals surface area contributed by atoms with Gasteiger partial charge in [0.1, 0.15) is 5.69 Å². The molecule has 4 rings (SSSR count). The molecular weight excluding hydrogens is 374 g/mol. The zero-order valence-electron chi connectivity index (χ0n) is 16.2. The first kappa shape index (κ1) is 18.9. The predicted octanol–water partition coefficient (Wildman–Crippen LogP) is 2.56. The Morgan fingerprint density at radius 1 is 1.14 bits per heavy atom. The second-order valence-electron chi connectivity index (χ2n) is 6.68. The molecule has 3 heterocycles. The van der Waals surface area contributed by atoms with E-state index < -0.39 is 0 Å². The molecule has 0 N–H and O–H groups in total. The Morgan fingerprint density at radius 3 is 2.62 bits per heavy atom. The number of aromatic nitrogens is 4. The number of likely N-dealkylation sites (tertiary alicyclic amines) is 1. The molecule has 1 amide bonds. The summed E-state index contributed by atoms with van der Waals surface area (Å²) in [5.74, 6) is 2.24. The lowest BCUT2D eigenvalue weighted by molar-refractivity contribution is 0.0710. The number of methoxy groups -OCH3 is 2. The Bertz CT molecular complexity index is 984. The van der Waals surface area contributed by atoms with E-state index in [2.05, 4.69) is 20.1 Å². The molecule has 0 atom stereocenters. The summed E-state index contributed by atoms with van der Waals surface area (Å²) in [5.41, 5.74) is 1.12. The molecule has 0 radical (unpaired) electrons. The molecule has 0 bridgehead atoms. The van der Waals surface area contributed by atoms with Gasteiger partial charge in [0.05, 0.1) is 20.4 Å². The van der Waals surface area contributed by atoms with Gasteiger partial charge < -0.3 is 18.9 Å². The third-order valence-corrected chi connectivity index (χ3v) is 5.00. The smallest absolute Gasteiger partial charge is 0.278 e. The highest BCUT2D eigenvalue weighted by atomic mass is 16.5. The average Bonchev–Trinajstić information content (AvgIpc) is 3.29. The van der Waals surface area contributed by atoms with Crippen LogP contribution in [0, 0.1) is 0 Å². The molecule has 9 heteroatoms. The van der Waals surface area contributed by atoms with Crippen LogP contribution in [0.2, 0.25) is 0 Å². The van der Waals surface area contributed by atoms with Crippen LogP contribution in [0.25, 0.3) is 11.6 Å². The first-order chi connectivity index (χ1) is 14.2. The van der Waals surface area contributed by atoms with E-state index in [0.717, 1.165) is 12.8 Å². The highest BCUT2D eigenvalue weighted by molar-refractivity contribution is 5.95. The van der Waals surface area contributed by atoms with Crippen molar-refractivity contribution in [3.8, 4) is 23.1 Å². The maximum Gasteiger partial charge on any atom is 0.278 e. The molecule has 0 aliphatic carbocycles. The van der Waals surface area contributed by atoms with Crippen molar-refractivity contribution < 1.29 is 18.8 Å². The summed E-state index contributed by atoms with van der Waals surface area (Å²) in [6, 6.07) is 5.20. The van der Waals surface area contributed by atoms with E-state index in [1.165, 1.54) is 0 Å². The number of benzene rings is 1. The molecule has 1 aromatic carbocycles. The Kier molecular flexibility index (Phi) is 5.37. The van der Waals surface area contributed by atoms with Gasteiger partial charge in [0.25, 0.3) is 11.8 Å². The fourth-order valence-corrected chi connectivity index (χ4v) is 3.41. The normalized spacial score (nSPS) is 14.6. The summed E-state index contributed by atoms with van der Waals surface area (Å²) < 4.78 is 15.9. The third-order valence-electron chi connectivity index (χ3n) is 5.00. The van der Waals surface area contributed by atoms with Crippen LogP contribution >= 0.6 is 0 Å². The van der Waals surface area contributed by atoms with Crippen LogP contribution < -0.4 is 9.47 Å². The van der Waals surface area contributed by atoms with Crippen LogP contribution in [-0.2, 0) is 0 Å². The summed E-state index contributed by atoms with van der Waals surface area (Å²) in [7, 11) is 3.12. The van der Waals surface area contributed by atoms with Crippen LogP contribution in [0.4, 0.5) is 0 Å². The Balaban J connectivity index is 1.41. The fraction of sp³-hybridized carbons (Fsp3) is 0.350. The summed E-state index contributed by atoms with van der Waals surface area (Å²) >= 11 is 0. The number of amides is 1. The van der Waals surface area contributed by atoms with Crippen LogP contribution in [0.15, 0.2) is 41.3 Å². The lowest BCUT2D eigenvalue weighted by Crippen LogP contribution is -2.38. The maximum atomic E-state index is 12.9. The minimum atomic E-state index is -0.0298. The van der Waals surface area contributed by atoms with E-state index in [9.17, 15) is 4.79 Å². The van der Waals surface area contributed by atoms with Crippen molar-refractivity contribution in [2.45, 2.75) is 18.8 Å². The molecular formula is C20H21N5O4. The number of carbonyl (C=O) groups excluding carboxylic acids is 1. The SMILES string of the molecule is COc1ccc(C(=O)N2CCC(c3noc(-c4cnccn4)n3)CC2)cc1OC. The van der Waals surface area contributed by atoms with Crippen LogP contribution in [-0.4, -0.2) is 58.2 Å². The summed E-state index contributed by atoms with van der Waals surface area (Å²) in [6.45, 7) is 1.24. The summed E-state index contributed by atoms with van der Waals surface area (Å²) in [4.78, 5) is 27.3. The highest BCUT2D eigenvalue weighted by Crippen LogP contribution is 2.31. The summed E-state index contributed by atoms with van der Waals surface area (Å²) in [5, 5.41) is 4.10. The van der Waals surface area contributed by atoms with E-state index in [-0.39, 0.29) is 11.8 Å². The third kappa shape index (κ3) is 3.89. The molecule has 3 aromatic rings.